The van der Waals surface area contributed by atoms with Crippen molar-refractivity contribution in [1.29, 1.82) is 0 Å². The molecule has 25 heavy (non-hydrogen) atoms. The van der Waals surface area contributed by atoms with Crippen LogP contribution < -0.4 is 0 Å². The molecule has 0 aromatic heterocycles. The molecule has 10 nitrogen and oxygen atoms in total. The minimum Gasteiger partial charge on any atom is -0.394 e. The average molecular weight is 358 g/mol. The van der Waals surface area contributed by atoms with E-state index < -0.39 is 48.4 Å². The smallest absolute Gasteiger partial charge is 0.273 e. The molecule has 4 unspecified atom stereocenters. The second-order valence-corrected chi connectivity index (χ2v) is 5.69. The number of aliphatic hydroxyl groups is 5. The Morgan fingerprint density at radius 3 is 2.28 bits per heavy atom. The molecule has 1 rings (SSSR count). The van der Waals surface area contributed by atoms with Crippen LogP contribution in [0.1, 0.15) is 15.9 Å². The van der Waals surface area contributed by atoms with Crippen LogP contribution in [0.4, 0.5) is 5.69 Å². The number of carbonyl (C=O) groups is 1. The third-order valence-corrected chi connectivity index (χ3v) is 3.87. The molecule has 0 fully saturated rings. The van der Waals surface area contributed by atoms with Crippen molar-refractivity contribution < 1.29 is 35.3 Å². The maximum absolute atomic E-state index is 12.4. The summed E-state index contributed by atoms with van der Waals surface area (Å²) in [6.45, 7) is 0.204. The lowest BCUT2D eigenvalue weighted by Crippen LogP contribution is -2.50. The van der Waals surface area contributed by atoms with Crippen LogP contribution in [0.15, 0.2) is 18.2 Å². The highest BCUT2D eigenvalue weighted by Crippen LogP contribution is 2.22. The molecule has 140 valence electrons. The van der Waals surface area contributed by atoms with Crippen molar-refractivity contribution in [3.05, 3.63) is 39.4 Å². The first-order chi connectivity index (χ1) is 11.6. The fraction of sp³-hybridized carbons (Fsp3) is 0.533. The van der Waals surface area contributed by atoms with Gasteiger partial charge in [-0.1, -0.05) is 6.07 Å². The Balaban J connectivity index is 2.87. The fourth-order valence-electron chi connectivity index (χ4n) is 2.29. The number of aliphatic hydroxyl groups excluding tert-OH is 5. The SMILES string of the molecule is Cc1c(C(=O)N(C)CC(O)C(O)C(O)C(O)CO)cccc1[N+](=O)[O-]. The number of nitrogens with zero attached hydrogens (tertiary/aromatic N) is 2. The van der Waals surface area contributed by atoms with Crippen LogP contribution in [0.2, 0.25) is 0 Å². The molecule has 0 saturated carbocycles. The number of carbonyl (C=O) groups excluding carboxylic acids is 1. The largest absolute Gasteiger partial charge is 0.394 e. The molecule has 1 aromatic carbocycles. The predicted octanol–water partition coefficient (Wildman–Crippen LogP) is -1.59. The third-order valence-electron chi connectivity index (χ3n) is 3.87. The van der Waals surface area contributed by atoms with Crippen molar-refractivity contribution >= 4 is 11.6 Å². The summed E-state index contributed by atoms with van der Waals surface area (Å²) in [6, 6.07) is 4.02. The average Bonchev–Trinajstić information content (AvgIpc) is 2.58. The van der Waals surface area contributed by atoms with Crippen molar-refractivity contribution in [2.45, 2.75) is 31.3 Å². The van der Waals surface area contributed by atoms with E-state index in [2.05, 4.69) is 0 Å². The number of benzene rings is 1. The second-order valence-electron chi connectivity index (χ2n) is 5.69. The maximum Gasteiger partial charge on any atom is 0.273 e. The lowest BCUT2D eigenvalue weighted by Gasteiger charge is -2.28. The molecular weight excluding hydrogens is 336 g/mol. The van der Waals surface area contributed by atoms with Gasteiger partial charge in [0.25, 0.3) is 11.6 Å². The molecule has 0 heterocycles. The van der Waals surface area contributed by atoms with E-state index in [1.807, 2.05) is 0 Å². The molecule has 0 aliphatic rings. The normalized spacial score (nSPS) is 16.0. The summed E-state index contributed by atoms with van der Waals surface area (Å²) in [5, 5.41) is 58.2. The summed E-state index contributed by atoms with van der Waals surface area (Å²) < 4.78 is 0. The van der Waals surface area contributed by atoms with E-state index in [1.165, 1.54) is 32.2 Å². The van der Waals surface area contributed by atoms with Gasteiger partial charge in [0, 0.05) is 30.8 Å². The van der Waals surface area contributed by atoms with Gasteiger partial charge in [-0.2, -0.15) is 0 Å². The first-order valence-corrected chi connectivity index (χ1v) is 7.44. The summed E-state index contributed by atoms with van der Waals surface area (Å²) in [4.78, 5) is 23.8. The highest BCUT2D eigenvalue weighted by atomic mass is 16.6. The lowest BCUT2D eigenvalue weighted by atomic mass is 10.0. The summed E-state index contributed by atoms with van der Waals surface area (Å²) >= 11 is 0. The van der Waals surface area contributed by atoms with E-state index in [-0.39, 0.29) is 16.8 Å². The van der Waals surface area contributed by atoms with Crippen molar-refractivity contribution in [3.63, 3.8) is 0 Å². The molecule has 0 bridgehead atoms. The van der Waals surface area contributed by atoms with E-state index in [0.717, 1.165) is 4.90 Å². The predicted molar refractivity (Wildman–Crippen MR) is 85.9 cm³/mol. The van der Waals surface area contributed by atoms with Gasteiger partial charge in [-0.15, -0.1) is 0 Å². The van der Waals surface area contributed by atoms with E-state index in [9.17, 15) is 35.3 Å². The van der Waals surface area contributed by atoms with Crippen LogP contribution in [0.3, 0.4) is 0 Å². The molecule has 0 saturated heterocycles. The Morgan fingerprint density at radius 2 is 1.76 bits per heavy atom. The first kappa shape index (κ1) is 20.9. The van der Waals surface area contributed by atoms with Crippen LogP contribution in [-0.2, 0) is 0 Å². The highest BCUT2D eigenvalue weighted by Gasteiger charge is 2.31. The van der Waals surface area contributed by atoms with E-state index >= 15 is 0 Å². The zero-order valence-corrected chi connectivity index (χ0v) is 13.8. The molecule has 0 aliphatic carbocycles. The number of nitro benzene ring substituents is 1. The van der Waals surface area contributed by atoms with Gasteiger partial charge in [0.1, 0.15) is 24.4 Å². The van der Waals surface area contributed by atoms with Crippen LogP contribution in [0.25, 0.3) is 0 Å². The van der Waals surface area contributed by atoms with Gasteiger partial charge in [0.05, 0.1) is 11.5 Å². The highest BCUT2D eigenvalue weighted by molar-refractivity contribution is 5.96. The molecule has 5 N–H and O–H groups in total. The van der Waals surface area contributed by atoms with Gasteiger partial charge in [-0.3, -0.25) is 14.9 Å². The van der Waals surface area contributed by atoms with Crippen molar-refractivity contribution in [2.24, 2.45) is 0 Å². The Hall–Kier alpha value is -2.11. The zero-order chi connectivity index (χ0) is 19.3. The van der Waals surface area contributed by atoms with Crippen LogP contribution in [0, 0.1) is 17.0 Å². The van der Waals surface area contributed by atoms with Gasteiger partial charge in [-0.25, -0.2) is 0 Å². The second kappa shape index (κ2) is 8.83. The zero-order valence-electron chi connectivity index (χ0n) is 13.8. The van der Waals surface area contributed by atoms with E-state index in [1.54, 1.807) is 0 Å². The quantitative estimate of drug-likeness (QED) is 0.274. The van der Waals surface area contributed by atoms with Gasteiger partial charge in [0.2, 0.25) is 0 Å². The van der Waals surface area contributed by atoms with E-state index in [0.29, 0.717) is 0 Å². The van der Waals surface area contributed by atoms with Gasteiger partial charge in [0.15, 0.2) is 0 Å². The molecule has 0 spiro atoms. The molecule has 0 aliphatic heterocycles. The summed E-state index contributed by atoms with van der Waals surface area (Å²) in [6.07, 6.45) is -6.86. The van der Waals surface area contributed by atoms with Gasteiger partial charge in [-0.05, 0) is 13.0 Å². The number of likely N-dealkylation sites (N-methyl/N-ethyl adjacent to an activating group) is 1. The monoisotopic (exact) mass is 358 g/mol. The number of amides is 1. The van der Waals surface area contributed by atoms with Gasteiger partial charge >= 0.3 is 0 Å². The number of hydrogen-bond acceptors (Lipinski definition) is 8. The minimum absolute atomic E-state index is 0.0642. The number of rotatable bonds is 8. The lowest BCUT2D eigenvalue weighted by molar-refractivity contribution is -0.385. The summed E-state index contributed by atoms with van der Waals surface area (Å²) in [5.74, 6) is -0.621. The summed E-state index contributed by atoms with van der Waals surface area (Å²) in [7, 11) is 1.31. The van der Waals surface area contributed by atoms with Crippen molar-refractivity contribution in [1.82, 2.24) is 4.90 Å². The Morgan fingerprint density at radius 1 is 1.20 bits per heavy atom. The molecule has 10 heteroatoms. The van der Waals surface area contributed by atoms with Crippen LogP contribution >= 0.6 is 0 Å². The molecule has 0 radical (unpaired) electrons. The molecular formula is C15H22N2O8. The molecule has 1 amide bonds. The Labute approximate surface area is 143 Å². The summed E-state index contributed by atoms with van der Waals surface area (Å²) in [5.41, 5.74) is 0.00535. The van der Waals surface area contributed by atoms with Crippen molar-refractivity contribution in [3.8, 4) is 0 Å². The van der Waals surface area contributed by atoms with Crippen LogP contribution in [0.5, 0.6) is 0 Å². The van der Waals surface area contributed by atoms with Crippen LogP contribution in [-0.4, -0.2) is 85.9 Å². The molecule has 1 aromatic rings. The Bertz CT molecular complexity index is 624. The standard InChI is InChI=1S/C15H22N2O8/c1-8-9(4-3-5-10(8)17(24)25)15(23)16(2)6-11(19)13(21)14(22)12(20)7-18/h3-5,11-14,18-22H,6-7H2,1-2H3. The molecule has 4 atom stereocenters. The van der Waals surface area contributed by atoms with E-state index in [4.69, 9.17) is 5.11 Å². The number of hydrogen-bond donors (Lipinski definition) is 5. The minimum atomic E-state index is -1.80. The number of nitro groups is 1. The topological polar surface area (TPSA) is 165 Å². The first-order valence-electron chi connectivity index (χ1n) is 7.44. The third kappa shape index (κ3) is 4.94. The Kier molecular flexibility index (Phi) is 7.39. The fourth-order valence-corrected chi connectivity index (χ4v) is 2.29. The van der Waals surface area contributed by atoms with Gasteiger partial charge < -0.3 is 30.4 Å². The van der Waals surface area contributed by atoms with Crippen molar-refractivity contribution in [2.75, 3.05) is 20.2 Å². The maximum atomic E-state index is 12.4.